The number of carbonyl (C=O) groups is 1. The minimum atomic E-state index is -0.736. The molecule has 144 valence electrons. The first-order valence-corrected chi connectivity index (χ1v) is 9.15. The van der Waals surface area contributed by atoms with Gasteiger partial charge in [0, 0.05) is 43.1 Å². The van der Waals surface area contributed by atoms with Crippen molar-refractivity contribution in [2.75, 3.05) is 19.7 Å². The lowest BCUT2D eigenvalue weighted by molar-refractivity contribution is -0.135. The van der Waals surface area contributed by atoms with Gasteiger partial charge in [0.15, 0.2) is 18.2 Å². The number of hydrogen-bond donors (Lipinski definition) is 0. The standard InChI is InChI=1S/C19H17Cl2F2NO3/c20-12-1-3-15(21)18(9-12)26-11-19(25)24-7-5-14(6-8-24)27-17-4-2-13(22)10-16(17)23/h1-4,9-10,14H,5-8,11H2. The van der Waals surface area contributed by atoms with Gasteiger partial charge in [-0.15, -0.1) is 0 Å². The Morgan fingerprint density at radius 3 is 2.52 bits per heavy atom. The molecule has 1 amide bonds. The van der Waals surface area contributed by atoms with Gasteiger partial charge in [-0.2, -0.15) is 0 Å². The molecule has 0 N–H and O–H groups in total. The summed E-state index contributed by atoms with van der Waals surface area (Å²) >= 11 is 11.9. The summed E-state index contributed by atoms with van der Waals surface area (Å²) in [5.41, 5.74) is 0. The lowest BCUT2D eigenvalue weighted by atomic mass is 10.1. The van der Waals surface area contributed by atoms with Crippen molar-refractivity contribution in [2.45, 2.75) is 18.9 Å². The van der Waals surface area contributed by atoms with Crippen molar-refractivity contribution in [3.05, 3.63) is 58.1 Å². The molecule has 2 aromatic rings. The van der Waals surface area contributed by atoms with E-state index in [9.17, 15) is 13.6 Å². The van der Waals surface area contributed by atoms with Crippen LogP contribution in [0, 0.1) is 11.6 Å². The van der Waals surface area contributed by atoms with Gasteiger partial charge in [0.2, 0.25) is 0 Å². The minimum absolute atomic E-state index is 0.0140. The predicted molar refractivity (Wildman–Crippen MR) is 98.5 cm³/mol. The normalized spacial score (nSPS) is 14.9. The summed E-state index contributed by atoms with van der Waals surface area (Å²) in [6, 6.07) is 7.98. The number of likely N-dealkylation sites (tertiary alicyclic amines) is 1. The Kier molecular flexibility index (Phi) is 6.39. The highest BCUT2D eigenvalue weighted by Gasteiger charge is 2.25. The third-order valence-corrected chi connectivity index (χ3v) is 4.77. The zero-order valence-electron chi connectivity index (χ0n) is 14.3. The van der Waals surface area contributed by atoms with E-state index in [1.54, 1.807) is 23.1 Å². The molecular weight excluding hydrogens is 399 g/mol. The number of hydrogen-bond acceptors (Lipinski definition) is 3. The van der Waals surface area contributed by atoms with Crippen LogP contribution in [0.25, 0.3) is 0 Å². The largest absolute Gasteiger partial charge is 0.487 e. The van der Waals surface area contributed by atoms with Crippen molar-refractivity contribution >= 4 is 29.1 Å². The van der Waals surface area contributed by atoms with Gasteiger partial charge in [-0.1, -0.05) is 23.2 Å². The molecule has 0 radical (unpaired) electrons. The number of carbonyl (C=O) groups excluding carboxylic acids is 1. The van der Waals surface area contributed by atoms with Crippen LogP contribution in [0.15, 0.2) is 36.4 Å². The average Bonchev–Trinajstić information content (AvgIpc) is 2.65. The smallest absolute Gasteiger partial charge is 0.260 e. The molecule has 0 saturated carbocycles. The van der Waals surface area contributed by atoms with E-state index in [1.165, 1.54) is 6.07 Å². The molecule has 0 spiro atoms. The van der Waals surface area contributed by atoms with E-state index < -0.39 is 11.6 Å². The van der Waals surface area contributed by atoms with E-state index in [0.29, 0.717) is 41.7 Å². The van der Waals surface area contributed by atoms with Crippen LogP contribution in [0.2, 0.25) is 10.0 Å². The van der Waals surface area contributed by atoms with Crippen LogP contribution < -0.4 is 9.47 Å². The molecule has 0 aliphatic carbocycles. The highest BCUT2D eigenvalue weighted by atomic mass is 35.5. The van der Waals surface area contributed by atoms with Gasteiger partial charge in [0.25, 0.3) is 5.91 Å². The van der Waals surface area contributed by atoms with Gasteiger partial charge in [0.1, 0.15) is 17.7 Å². The molecule has 0 bridgehead atoms. The van der Waals surface area contributed by atoms with E-state index in [2.05, 4.69) is 0 Å². The van der Waals surface area contributed by atoms with E-state index in [0.717, 1.165) is 12.1 Å². The molecule has 0 atom stereocenters. The van der Waals surface area contributed by atoms with Crippen LogP contribution in [-0.2, 0) is 4.79 Å². The van der Waals surface area contributed by atoms with Gasteiger partial charge in [-0.3, -0.25) is 4.79 Å². The molecule has 0 unspecified atom stereocenters. The first-order valence-electron chi connectivity index (χ1n) is 8.39. The van der Waals surface area contributed by atoms with Crippen molar-refractivity contribution in [1.82, 2.24) is 4.90 Å². The molecule has 1 fully saturated rings. The van der Waals surface area contributed by atoms with Gasteiger partial charge in [-0.05, 0) is 24.3 Å². The van der Waals surface area contributed by atoms with Crippen LogP contribution in [0.1, 0.15) is 12.8 Å². The third-order valence-electron chi connectivity index (χ3n) is 4.23. The maximum absolute atomic E-state index is 13.7. The fraction of sp³-hybridized carbons (Fsp3) is 0.316. The molecule has 1 aliphatic rings. The van der Waals surface area contributed by atoms with Gasteiger partial charge in [0.05, 0.1) is 5.02 Å². The fourth-order valence-corrected chi connectivity index (χ4v) is 3.13. The van der Waals surface area contributed by atoms with E-state index in [4.69, 9.17) is 32.7 Å². The Morgan fingerprint density at radius 2 is 1.81 bits per heavy atom. The van der Waals surface area contributed by atoms with Crippen molar-refractivity contribution in [3.63, 3.8) is 0 Å². The highest BCUT2D eigenvalue weighted by molar-refractivity contribution is 6.34. The Labute approximate surface area is 165 Å². The molecule has 4 nitrogen and oxygen atoms in total. The number of rotatable bonds is 5. The number of piperidine rings is 1. The number of nitrogens with zero attached hydrogens (tertiary/aromatic N) is 1. The molecule has 2 aromatic carbocycles. The minimum Gasteiger partial charge on any atom is -0.487 e. The molecule has 3 rings (SSSR count). The maximum atomic E-state index is 13.7. The Hall–Kier alpha value is -2.05. The Balaban J connectivity index is 1.48. The summed E-state index contributed by atoms with van der Waals surface area (Å²) in [7, 11) is 0. The molecular formula is C19H17Cl2F2NO3. The second kappa shape index (κ2) is 8.76. The zero-order valence-corrected chi connectivity index (χ0v) is 15.8. The predicted octanol–water partition coefficient (Wildman–Crippen LogP) is 4.72. The van der Waals surface area contributed by atoms with Crippen LogP contribution >= 0.6 is 23.2 Å². The van der Waals surface area contributed by atoms with Crippen LogP contribution in [0.5, 0.6) is 11.5 Å². The average molecular weight is 416 g/mol. The SMILES string of the molecule is O=C(COc1cc(Cl)ccc1Cl)N1CCC(Oc2ccc(F)cc2F)CC1. The Bertz CT molecular complexity index is 827. The summed E-state index contributed by atoms with van der Waals surface area (Å²) in [5, 5.41) is 0.841. The van der Waals surface area contributed by atoms with E-state index in [-0.39, 0.29) is 24.4 Å². The van der Waals surface area contributed by atoms with Gasteiger partial charge >= 0.3 is 0 Å². The topological polar surface area (TPSA) is 38.8 Å². The number of benzene rings is 2. The van der Waals surface area contributed by atoms with Gasteiger partial charge in [-0.25, -0.2) is 8.78 Å². The monoisotopic (exact) mass is 415 g/mol. The summed E-state index contributed by atoms with van der Waals surface area (Å²) in [6.45, 7) is 0.760. The second-order valence-electron chi connectivity index (χ2n) is 6.14. The molecule has 8 heteroatoms. The van der Waals surface area contributed by atoms with E-state index >= 15 is 0 Å². The number of ether oxygens (including phenoxy) is 2. The molecule has 1 saturated heterocycles. The van der Waals surface area contributed by atoms with Crippen molar-refractivity contribution in [3.8, 4) is 11.5 Å². The van der Waals surface area contributed by atoms with Crippen LogP contribution in [0.4, 0.5) is 8.78 Å². The fourth-order valence-electron chi connectivity index (χ4n) is 2.79. The summed E-state index contributed by atoms with van der Waals surface area (Å²) in [5.74, 6) is -1.21. The third kappa shape index (κ3) is 5.23. The number of halogens is 4. The quantitative estimate of drug-likeness (QED) is 0.708. The molecule has 1 heterocycles. The van der Waals surface area contributed by atoms with Crippen molar-refractivity contribution < 1.29 is 23.0 Å². The second-order valence-corrected chi connectivity index (χ2v) is 6.98. The lowest BCUT2D eigenvalue weighted by Gasteiger charge is -2.32. The van der Waals surface area contributed by atoms with Crippen LogP contribution in [-0.4, -0.2) is 36.6 Å². The van der Waals surface area contributed by atoms with E-state index in [1.807, 2.05) is 0 Å². The molecule has 27 heavy (non-hydrogen) atoms. The molecule has 1 aliphatic heterocycles. The molecule has 0 aromatic heterocycles. The first kappa shape index (κ1) is 19.7. The zero-order chi connectivity index (χ0) is 19.4. The highest BCUT2D eigenvalue weighted by Crippen LogP contribution is 2.28. The van der Waals surface area contributed by atoms with Crippen molar-refractivity contribution in [1.29, 1.82) is 0 Å². The summed E-state index contributed by atoms with van der Waals surface area (Å²) < 4.78 is 37.7. The maximum Gasteiger partial charge on any atom is 0.260 e. The lowest BCUT2D eigenvalue weighted by Crippen LogP contribution is -2.43. The van der Waals surface area contributed by atoms with Crippen molar-refractivity contribution in [2.24, 2.45) is 0 Å². The summed E-state index contributed by atoms with van der Waals surface area (Å²) in [4.78, 5) is 14.0. The summed E-state index contributed by atoms with van der Waals surface area (Å²) in [6.07, 6.45) is 0.846. The van der Waals surface area contributed by atoms with Gasteiger partial charge < -0.3 is 14.4 Å². The number of amides is 1. The van der Waals surface area contributed by atoms with Crippen LogP contribution in [0.3, 0.4) is 0 Å². The first-order chi connectivity index (χ1) is 12.9. The Morgan fingerprint density at radius 1 is 1.07 bits per heavy atom.